The number of rotatable bonds is 2. The van der Waals surface area contributed by atoms with Crippen LogP contribution in [0.15, 0.2) is 72.8 Å². The summed E-state index contributed by atoms with van der Waals surface area (Å²) in [5.41, 5.74) is 6.76. The van der Waals surface area contributed by atoms with Crippen molar-refractivity contribution in [2.45, 2.75) is 6.92 Å². The van der Waals surface area contributed by atoms with E-state index in [2.05, 4.69) is 61.5 Å². The summed E-state index contributed by atoms with van der Waals surface area (Å²) >= 11 is 0. The lowest BCUT2D eigenvalue weighted by atomic mass is 9.97. The summed E-state index contributed by atoms with van der Waals surface area (Å²) in [6.07, 6.45) is 0. The molecule has 0 aliphatic rings. The maximum atomic E-state index is 8.84. The Labute approximate surface area is 125 Å². The van der Waals surface area contributed by atoms with Gasteiger partial charge in [-0.25, -0.2) is 0 Å². The van der Waals surface area contributed by atoms with Gasteiger partial charge in [0.05, 0.1) is 11.6 Å². The van der Waals surface area contributed by atoms with Gasteiger partial charge < -0.3 is 0 Å². The molecule has 3 rings (SSSR count). The normalized spacial score (nSPS) is 10.1. The van der Waals surface area contributed by atoms with Crippen molar-refractivity contribution in [1.82, 2.24) is 0 Å². The maximum absolute atomic E-state index is 8.84. The summed E-state index contributed by atoms with van der Waals surface area (Å²) < 4.78 is 0. The molecule has 3 aromatic rings. The van der Waals surface area contributed by atoms with Crippen LogP contribution in [0, 0.1) is 18.3 Å². The topological polar surface area (TPSA) is 23.8 Å². The lowest BCUT2D eigenvalue weighted by molar-refractivity contribution is 1.46. The van der Waals surface area contributed by atoms with Crippen molar-refractivity contribution in [3.63, 3.8) is 0 Å². The first kappa shape index (κ1) is 13.1. The second-order valence-corrected chi connectivity index (χ2v) is 5.08. The highest BCUT2D eigenvalue weighted by Crippen LogP contribution is 2.26. The predicted octanol–water partition coefficient (Wildman–Crippen LogP) is 5.20. The molecule has 0 bridgehead atoms. The van der Waals surface area contributed by atoms with Crippen molar-refractivity contribution in [2.24, 2.45) is 0 Å². The number of nitrogens with zero attached hydrogens (tertiary/aromatic N) is 1. The fourth-order valence-electron chi connectivity index (χ4n) is 2.48. The van der Waals surface area contributed by atoms with E-state index < -0.39 is 0 Å². The highest BCUT2D eigenvalue weighted by atomic mass is 14.2. The number of hydrogen-bond donors (Lipinski definition) is 0. The number of hydrogen-bond acceptors (Lipinski definition) is 1. The summed E-state index contributed by atoms with van der Waals surface area (Å²) in [4.78, 5) is 0. The van der Waals surface area contributed by atoms with Gasteiger partial charge in [-0.15, -0.1) is 0 Å². The van der Waals surface area contributed by atoms with Crippen LogP contribution >= 0.6 is 0 Å². The van der Waals surface area contributed by atoms with Gasteiger partial charge in [0.2, 0.25) is 0 Å². The molecule has 0 N–H and O–H groups in total. The zero-order chi connectivity index (χ0) is 14.7. The maximum Gasteiger partial charge on any atom is 0.0991 e. The number of nitriles is 1. The Morgan fingerprint density at radius 2 is 1.19 bits per heavy atom. The Hall–Kier alpha value is -2.85. The molecule has 0 aliphatic carbocycles. The fourth-order valence-corrected chi connectivity index (χ4v) is 2.48. The molecular formula is C20H15N. The molecule has 0 heterocycles. The van der Waals surface area contributed by atoms with Crippen LogP contribution in [0.25, 0.3) is 22.3 Å². The highest BCUT2D eigenvalue weighted by Gasteiger charge is 2.02. The first-order chi connectivity index (χ1) is 10.3. The minimum atomic E-state index is 0.690. The van der Waals surface area contributed by atoms with Crippen molar-refractivity contribution < 1.29 is 0 Å². The summed E-state index contributed by atoms with van der Waals surface area (Å²) in [5, 5.41) is 8.84. The Balaban J connectivity index is 1.94. The summed E-state index contributed by atoms with van der Waals surface area (Å²) in [6.45, 7) is 2.13. The van der Waals surface area contributed by atoms with E-state index in [1.807, 2.05) is 24.3 Å². The summed E-state index contributed by atoms with van der Waals surface area (Å²) in [6, 6.07) is 26.8. The lowest BCUT2D eigenvalue weighted by Gasteiger charge is -2.07. The van der Waals surface area contributed by atoms with Crippen LogP contribution in [0.3, 0.4) is 0 Å². The van der Waals surface area contributed by atoms with Gasteiger partial charge in [0.15, 0.2) is 0 Å². The van der Waals surface area contributed by atoms with Crippen LogP contribution in [0.1, 0.15) is 11.1 Å². The molecule has 21 heavy (non-hydrogen) atoms. The Morgan fingerprint density at radius 3 is 1.76 bits per heavy atom. The monoisotopic (exact) mass is 269 g/mol. The van der Waals surface area contributed by atoms with Gasteiger partial charge in [0.25, 0.3) is 0 Å². The van der Waals surface area contributed by atoms with Crippen molar-refractivity contribution in [3.05, 3.63) is 83.9 Å². The standard InChI is InChI=1S/C20H15N/c1-15-4-2-3-5-20(15)19-12-10-18(11-13-19)17-8-6-16(14-21)7-9-17/h2-13H,1H3. The van der Waals surface area contributed by atoms with Crippen LogP contribution in [0.2, 0.25) is 0 Å². The summed E-state index contributed by atoms with van der Waals surface area (Å²) in [7, 11) is 0. The molecule has 0 unspecified atom stereocenters. The van der Waals surface area contributed by atoms with E-state index in [1.165, 1.54) is 16.7 Å². The minimum absolute atomic E-state index is 0.690. The van der Waals surface area contributed by atoms with E-state index >= 15 is 0 Å². The van der Waals surface area contributed by atoms with Crippen molar-refractivity contribution in [2.75, 3.05) is 0 Å². The molecule has 100 valence electrons. The summed E-state index contributed by atoms with van der Waals surface area (Å²) in [5.74, 6) is 0. The first-order valence-electron chi connectivity index (χ1n) is 6.94. The van der Waals surface area contributed by atoms with E-state index in [0.29, 0.717) is 5.56 Å². The van der Waals surface area contributed by atoms with Crippen LogP contribution in [-0.4, -0.2) is 0 Å². The molecule has 0 saturated heterocycles. The third kappa shape index (κ3) is 2.70. The van der Waals surface area contributed by atoms with Gasteiger partial charge in [0, 0.05) is 0 Å². The molecule has 0 saturated carbocycles. The van der Waals surface area contributed by atoms with Gasteiger partial charge in [-0.1, -0.05) is 60.7 Å². The largest absolute Gasteiger partial charge is 0.192 e. The Kier molecular flexibility index (Phi) is 3.53. The highest BCUT2D eigenvalue weighted by molar-refractivity contribution is 5.72. The van der Waals surface area contributed by atoms with Crippen LogP contribution in [0.5, 0.6) is 0 Å². The number of aryl methyl sites for hydroxylation is 1. The predicted molar refractivity (Wildman–Crippen MR) is 86.8 cm³/mol. The molecular weight excluding hydrogens is 254 g/mol. The molecule has 1 heteroatoms. The van der Waals surface area contributed by atoms with Crippen LogP contribution in [-0.2, 0) is 0 Å². The first-order valence-corrected chi connectivity index (χ1v) is 6.94. The molecule has 0 aliphatic heterocycles. The zero-order valence-corrected chi connectivity index (χ0v) is 11.9. The molecule has 0 spiro atoms. The van der Waals surface area contributed by atoms with Gasteiger partial charge in [-0.2, -0.15) is 5.26 Å². The van der Waals surface area contributed by atoms with E-state index in [4.69, 9.17) is 5.26 Å². The van der Waals surface area contributed by atoms with Gasteiger partial charge in [-0.3, -0.25) is 0 Å². The Bertz CT molecular complexity index is 790. The second kappa shape index (κ2) is 5.64. The Morgan fingerprint density at radius 1 is 0.667 bits per heavy atom. The molecule has 0 fully saturated rings. The molecule has 0 radical (unpaired) electrons. The van der Waals surface area contributed by atoms with Gasteiger partial charge in [-0.05, 0) is 46.9 Å². The van der Waals surface area contributed by atoms with Crippen LogP contribution < -0.4 is 0 Å². The third-order valence-electron chi connectivity index (χ3n) is 3.69. The quantitative estimate of drug-likeness (QED) is 0.627. The van der Waals surface area contributed by atoms with Gasteiger partial charge >= 0.3 is 0 Å². The average molecular weight is 269 g/mol. The van der Waals surface area contributed by atoms with Crippen molar-refractivity contribution in [3.8, 4) is 28.3 Å². The van der Waals surface area contributed by atoms with Crippen LogP contribution in [0.4, 0.5) is 0 Å². The second-order valence-electron chi connectivity index (χ2n) is 5.08. The van der Waals surface area contributed by atoms with Crippen molar-refractivity contribution >= 4 is 0 Å². The minimum Gasteiger partial charge on any atom is -0.192 e. The fraction of sp³-hybridized carbons (Fsp3) is 0.0500. The molecule has 1 nitrogen and oxygen atoms in total. The van der Waals surface area contributed by atoms with E-state index in [0.717, 1.165) is 11.1 Å². The van der Waals surface area contributed by atoms with Crippen molar-refractivity contribution in [1.29, 1.82) is 5.26 Å². The molecule has 0 aromatic heterocycles. The zero-order valence-electron chi connectivity index (χ0n) is 11.9. The third-order valence-corrected chi connectivity index (χ3v) is 3.69. The van der Waals surface area contributed by atoms with E-state index in [-0.39, 0.29) is 0 Å². The lowest BCUT2D eigenvalue weighted by Crippen LogP contribution is -1.83. The SMILES string of the molecule is Cc1ccccc1-c1ccc(-c2ccc(C#N)cc2)cc1. The van der Waals surface area contributed by atoms with E-state index in [1.54, 1.807) is 0 Å². The molecule has 3 aromatic carbocycles. The van der Waals surface area contributed by atoms with Gasteiger partial charge in [0.1, 0.15) is 0 Å². The van der Waals surface area contributed by atoms with E-state index in [9.17, 15) is 0 Å². The smallest absolute Gasteiger partial charge is 0.0991 e. The molecule has 0 atom stereocenters. The average Bonchev–Trinajstić information content (AvgIpc) is 2.56. The number of benzene rings is 3. The molecule has 0 amide bonds.